The lowest BCUT2D eigenvalue weighted by Crippen LogP contribution is -2.45. The number of ether oxygens (including phenoxy) is 5. The quantitative estimate of drug-likeness (QED) is 0.0161. The maximum Gasteiger partial charge on any atom is 0.255 e. The number of hydrogen-bond acceptors (Lipinski definition) is 19. The summed E-state index contributed by atoms with van der Waals surface area (Å²) < 4.78 is 30.8. The summed E-state index contributed by atoms with van der Waals surface area (Å²) in [5.41, 5.74) is 30.5. The minimum absolute atomic E-state index is 0.00324. The van der Waals surface area contributed by atoms with Crippen LogP contribution >= 0.6 is 0 Å². The predicted octanol–water partition coefficient (Wildman–Crippen LogP) is 13.7. The van der Waals surface area contributed by atoms with E-state index in [1.807, 2.05) is 69.2 Å². The lowest BCUT2D eigenvalue weighted by Gasteiger charge is -2.23. The summed E-state index contributed by atoms with van der Waals surface area (Å²) in [5.74, 6) is -5.71. The molecule has 29 heteroatoms. The summed E-state index contributed by atoms with van der Waals surface area (Å²) in [6.45, 7) is 26.1. The van der Waals surface area contributed by atoms with Crippen LogP contribution in [0.4, 0.5) is 28.4 Å². The molecule has 0 radical (unpaired) electrons. The molecule has 5 aromatic rings. The van der Waals surface area contributed by atoms with Crippen LogP contribution in [0.25, 0.3) is 0 Å². The molecular weight excluding hydrogens is 1540 g/mol. The monoisotopic (exact) mass is 1680 g/mol. The van der Waals surface area contributed by atoms with Gasteiger partial charge in [0.25, 0.3) is 29.5 Å². The molecule has 0 heterocycles. The minimum Gasteiger partial charge on any atom is -0.493 e. The molecule has 10 amide bonds. The van der Waals surface area contributed by atoms with Crippen molar-refractivity contribution in [3.8, 4) is 28.7 Å². The summed E-state index contributed by atoms with van der Waals surface area (Å²) in [5, 5.41) is 26.1. The molecule has 19 N–H and O–H groups in total. The molecule has 0 aliphatic rings. The molecule has 0 aromatic heterocycles. The van der Waals surface area contributed by atoms with Crippen molar-refractivity contribution in [3.05, 3.63) is 119 Å². The van der Waals surface area contributed by atoms with Crippen molar-refractivity contribution >= 4 is 87.5 Å². The van der Waals surface area contributed by atoms with Crippen molar-refractivity contribution in [2.45, 2.75) is 255 Å². The third-order valence-electron chi connectivity index (χ3n) is 19.7. The average molecular weight is 1680 g/mol. The van der Waals surface area contributed by atoms with Gasteiger partial charge in [0, 0.05) is 28.4 Å². The number of hydrogen-bond donors (Lipinski definition) is 14. The van der Waals surface area contributed by atoms with Crippen molar-refractivity contribution in [1.82, 2.24) is 21.3 Å². The maximum absolute atomic E-state index is 15.0. The molecule has 0 fully saturated rings. The summed E-state index contributed by atoms with van der Waals surface area (Å²) in [4.78, 5) is 144. The zero-order chi connectivity index (χ0) is 88.9. The van der Waals surface area contributed by atoms with Crippen LogP contribution in [0.3, 0.4) is 0 Å². The molecule has 668 valence electrons. The van der Waals surface area contributed by atoms with Crippen molar-refractivity contribution < 1.29 is 71.6 Å². The van der Waals surface area contributed by atoms with E-state index in [0.29, 0.717) is 64.0 Å². The van der Waals surface area contributed by atoms with Gasteiger partial charge in [-0.2, -0.15) is 0 Å². The van der Waals surface area contributed by atoms with Gasteiger partial charge in [-0.15, -0.1) is 0 Å². The molecule has 5 rings (SSSR count). The van der Waals surface area contributed by atoms with Gasteiger partial charge in [0.2, 0.25) is 29.5 Å². The summed E-state index contributed by atoms with van der Waals surface area (Å²) in [6.07, 6.45) is 14.9. The first-order valence-electron chi connectivity index (χ1n) is 43.7. The second kappa shape index (κ2) is 54.8. The Morgan fingerprint density at radius 1 is 0.289 bits per heavy atom. The molecular formula is C92H140N14O15. The second-order valence-corrected chi connectivity index (χ2v) is 33.1. The topological polar surface area (TPSA) is 455 Å². The fourth-order valence-corrected chi connectivity index (χ4v) is 13.3. The molecule has 0 saturated heterocycles. The van der Waals surface area contributed by atoms with Gasteiger partial charge in [-0.25, -0.2) is 0 Å². The summed E-state index contributed by atoms with van der Waals surface area (Å²) in [6, 6.07) is 17.6. The highest BCUT2D eigenvalue weighted by Gasteiger charge is 2.32. The Morgan fingerprint density at radius 2 is 0.504 bits per heavy atom. The highest BCUT2D eigenvalue weighted by atomic mass is 16.5. The zero-order valence-corrected chi connectivity index (χ0v) is 73.7. The van der Waals surface area contributed by atoms with Gasteiger partial charge in [-0.1, -0.05) is 122 Å². The third kappa shape index (κ3) is 36.9. The summed E-state index contributed by atoms with van der Waals surface area (Å²) >= 11 is 0. The minimum atomic E-state index is -1.20. The lowest BCUT2D eigenvalue weighted by molar-refractivity contribution is -0.119. The van der Waals surface area contributed by atoms with E-state index in [0.717, 1.165) is 83.5 Å². The fourth-order valence-electron chi connectivity index (χ4n) is 13.3. The predicted molar refractivity (Wildman–Crippen MR) is 479 cm³/mol. The number of carbonyl (C=O) groups excluding carboxylic acids is 10. The second-order valence-electron chi connectivity index (χ2n) is 33.1. The van der Waals surface area contributed by atoms with Crippen LogP contribution in [0.15, 0.2) is 91.0 Å². The highest BCUT2D eigenvalue weighted by Crippen LogP contribution is 2.32. The standard InChI is InChI=1S/C92H140N14O15/c1-13-15-17-25-43-117-78-35-30-63(53-68(78)83(97)107)99-89(113)74(49-59(5)6)103-86(110)71-56-66(33-38-81(71)120-46-28-20-23-41-94)102-91(115)76(51-61(9)10)105-85(109)70-55-65(32-37-80(70)118-44-26-18-16-14-2)100-92(116)77(52-62(11)12)106-87(111)72-57-67(34-39-82(72)121-47-29-21-24-42-95)101-90(114)75(50-60(7)8)104-84(108)69-54-64(98-88(112)73(96)48-58(3)4)31-36-79(69)119-45-27-19-22-40-93/h30-39,53-62,73-77H,13-29,40-52,93-96H2,1-12H3,(H2,97,107)(H,98,112)(H,99,113)(H,100,116)(H,101,114)(H,102,115)(H,103,110)(H,104,108)(H,105,109)(H,106,111)/t73-,74-,75+,76+,77-/m0/s1. The van der Waals surface area contributed by atoms with Crippen LogP contribution in [0.5, 0.6) is 28.7 Å². The normalized spacial score (nSPS) is 12.5. The van der Waals surface area contributed by atoms with Crippen LogP contribution in [0, 0.1) is 29.6 Å². The molecule has 0 unspecified atom stereocenters. The molecule has 0 bridgehead atoms. The van der Waals surface area contributed by atoms with Crippen LogP contribution in [0.2, 0.25) is 0 Å². The number of nitrogens with two attached hydrogens (primary N) is 5. The number of benzene rings is 5. The first kappa shape index (κ1) is 101. The van der Waals surface area contributed by atoms with Gasteiger partial charge in [0.1, 0.15) is 52.9 Å². The molecule has 0 saturated carbocycles. The Bertz CT molecular complexity index is 4110. The maximum atomic E-state index is 15.0. The van der Waals surface area contributed by atoms with E-state index in [1.165, 1.54) is 30.3 Å². The van der Waals surface area contributed by atoms with E-state index in [4.69, 9.17) is 52.4 Å². The number of amides is 10. The largest absolute Gasteiger partial charge is 0.493 e. The Balaban J connectivity index is 1.45. The van der Waals surface area contributed by atoms with E-state index in [1.54, 1.807) is 60.7 Å². The van der Waals surface area contributed by atoms with Crippen LogP contribution < -0.4 is 100 Å². The lowest BCUT2D eigenvalue weighted by atomic mass is 10.0. The zero-order valence-electron chi connectivity index (χ0n) is 73.7. The van der Waals surface area contributed by atoms with E-state index in [2.05, 4.69) is 61.7 Å². The van der Waals surface area contributed by atoms with Crippen molar-refractivity contribution in [2.24, 2.45) is 58.3 Å². The average Bonchev–Trinajstić information content (AvgIpc) is 0.826. The van der Waals surface area contributed by atoms with E-state index in [-0.39, 0.29) is 161 Å². The van der Waals surface area contributed by atoms with Gasteiger partial charge in [0.15, 0.2) is 0 Å². The Hall–Kier alpha value is -10.4. The van der Waals surface area contributed by atoms with Crippen molar-refractivity contribution in [1.29, 1.82) is 0 Å². The first-order chi connectivity index (χ1) is 57.9. The van der Waals surface area contributed by atoms with E-state index >= 15 is 4.79 Å². The molecule has 29 nitrogen and oxygen atoms in total. The molecule has 0 aliphatic heterocycles. The SMILES string of the molecule is CCCCCCOc1ccc(NC(=O)[C@H](CC(C)C)NC(=O)c2cc(NC(=O)[C@@H](CC(C)C)NC(=O)c3cc(NC(=O)[C@H](CC(C)C)NC(=O)c4cc(NC(=O)[C@@H](CC(C)C)NC(=O)c5cc(NC(=O)[C@@H](N)CC(C)C)ccc5OCCCCCN)ccc4OCCCCCN)ccc3OCCCCCC)ccc2OCCCCCN)cc1C(N)=O. The fraction of sp³-hybridized carbons (Fsp3) is 0.565. The summed E-state index contributed by atoms with van der Waals surface area (Å²) in [7, 11) is 0. The number of carbonyl (C=O) groups is 10. The third-order valence-corrected chi connectivity index (χ3v) is 19.7. The van der Waals surface area contributed by atoms with E-state index < -0.39 is 89.3 Å². The number of rotatable bonds is 59. The van der Waals surface area contributed by atoms with Crippen LogP contribution in [0.1, 0.15) is 276 Å². The first-order valence-corrected chi connectivity index (χ1v) is 43.7. The number of nitrogens with one attached hydrogen (secondary N) is 9. The van der Waals surface area contributed by atoms with Gasteiger partial charge in [-0.05, 0) is 243 Å². The van der Waals surface area contributed by atoms with Gasteiger partial charge >= 0.3 is 0 Å². The van der Waals surface area contributed by atoms with E-state index in [9.17, 15) is 43.2 Å². The number of unbranched alkanes of at least 4 members (excludes halogenated alkanes) is 12. The number of anilines is 5. The van der Waals surface area contributed by atoms with Crippen LogP contribution in [-0.2, 0) is 24.0 Å². The number of primary amides is 1. The highest BCUT2D eigenvalue weighted by molar-refractivity contribution is 6.09. The Morgan fingerprint density at radius 3 is 0.719 bits per heavy atom. The van der Waals surface area contributed by atoms with Gasteiger partial charge < -0.3 is 100 Å². The van der Waals surface area contributed by atoms with Gasteiger partial charge in [-0.3, -0.25) is 47.9 Å². The molecule has 0 aliphatic carbocycles. The molecule has 5 atom stereocenters. The smallest absolute Gasteiger partial charge is 0.255 e. The molecule has 0 spiro atoms. The molecule has 121 heavy (non-hydrogen) atoms. The van der Waals surface area contributed by atoms with Gasteiger partial charge in [0.05, 0.1) is 66.9 Å². The Labute approximate surface area is 716 Å². The van der Waals surface area contributed by atoms with Crippen molar-refractivity contribution in [2.75, 3.05) is 79.3 Å². The molecule has 5 aromatic carbocycles. The Kier molecular flexibility index (Phi) is 45.8. The van der Waals surface area contributed by atoms with Crippen molar-refractivity contribution in [3.63, 3.8) is 0 Å². The van der Waals surface area contributed by atoms with Crippen LogP contribution in [-0.4, -0.2) is 142 Å².